The molecule has 0 saturated carbocycles. The highest BCUT2D eigenvalue weighted by Crippen LogP contribution is 2.18. The molecule has 0 aliphatic heterocycles. The molecule has 3 aromatic rings. The van der Waals surface area contributed by atoms with Crippen molar-refractivity contribution < 1.29 is 4.79 Å². The van der Waals surface area contributed by atoms with Gasteiger partial charge in [-0.3, -0.25) is 9.48 Å². The van der Waals surface area contributed by atoms with Gasteiger partial charge in [0.1, 0.15) is 6.54 Å². The van der Waals surface area contributed by atoms with E-state index in [0.717, 1.165) is 5.69 Å². The monoisotopic (exact) mass is 367 g/mol. The molecule has 0 bridgehead atoms. The van der Waals surface area contributed by atoms with E-state index < -0.39 is 0 Å². The van der Waals surface area contributed by atoms with E-state index in [-0.39, 0.29) is 17.9 Å². The van der Waals surface area contributed by atoms with E-state index in [2.05, 4.69) is 39.7 Å². The summed E-state index contributed by atoms with van der Waals surface area (Å²) in [6, 6.07) is 11.0. The Bertz CT molecular complexity index is 882. The summed E-state index contributed by atoms with van der Waals surface area (Å²) in [7, 11) is 0. The Morgan fingerprint density at radius 3 is 2.44 bits per heavy atom. The first-order valence-corrected chi connectivity index (χ1v) is 9.11. The van der Waals surface area contributed by atoms with Crippen molar-refractivity contribution in [1.82, 2.24) is 35.3 Å². The van der Waals surface area contributed by atoms with Crippen LogP contribution in [0.1, 0.15) is 61.7 Å². The number of amides is 1. The zero-order valence-electron chi connectivity index (χ0n) is 16.1. The van der Waals surface area contributed by atoms with Crippen LogP contribution in [-0.4, -0.2) is 35.9 Å². The minimum absolute atomic E-state index is 0.121. The molecule has 1 unspecified atom stereocenters. The summed E-state index contributed by atoms with van der Waals surface area (Å²) < 4.78 is 1.89. The number of tetrazole rings is 1. The zero-order chi connectivity index (χ0) is 19.4. The number of nitrogens with zero attached hydrogens (tertiary/aromatic N) is 6. The van der Waals surface area contributed by atoms with E-state index >= 15 is 0 Å². The smallest absolute Gasteiger partial charge is 0.251 e. The third-order valence-corrected chi connectivity index (χ3v) is 4.23. The number of hydrogen-bond acceptors (Lipinski definition) is 5. The Morgan fingerprint density at radius 2 is 1.81 bits per heavy atom. The lowest BCUT2D eigenvalue weighted by Gasteiger charge is -2.19. The predicted octanol–water partition coefficient (Wildman–Crippen LogP) is 2.63. The second-order valence-corrected chi connectivity index (χ2v) is 7.12. The van der Waals surface area contributed by atoms with Gasteiger partial charge in [0.15, 0.2) is 5.82 Å². The van der Waals surface area contributed by atoms with Gasteiger partial charge in [-0.2, -0.15) is 9.90 Å². The maximum absolute atomic E-state index is 12.5. The lowest BCUT2D eigenvalue weighted by atomic mass is 10.0. The molecule has 0 radical (unpaired) electrons. The van der Waals surface area contributed by atoms with Gasteiger partial charge in [-0.15, -0.1) is 10.2 Å². The molecular formula is C19H25N7O. The number of aromatic nitrogens is 6. The van der Waals surface area contributed by atoms with Crippen molar-refractivity contribution in [1.29, 1.82) is 0 Å². The van der Waals surface area contributed by atoms with Crippen LogP contribution in [0.4, 0.5) is 0 Å². The van der Waals surface area contributed by atoms with Gasteiger partial charge in [-0.25, -0.2) is 0 Å². The summed E-state index contributed by atoms with van der Waals surface area (Å²) >= 11 is 0. The molecule has 2 aromatic heterocycles. The molecule has 142 valence electrons. The van der Waals surface area contributed by atoms with E-state index in [4.69, 9.17) is 0 Å². The lowest BCUT2D eigenvalue weighted by molar-refractivity contribution is 0.0923. The minimum atomic E-state index is -0.320. The van der Waals surface area contributed by atoms with Crippen LogP contribution in [0.3, 0.4) is 0 Å². The first-order chi connectivity index (χ1) is 12.9. The van der Waals surface area contributed by atoms with Crippen LogP contribution < -0.4 is 5.32 Å². The van der Waals surface area contributed by atoms with Gasteiger partial charge in [0.05, 0.1) is 11.7 Å². The van der Waals surface area contributed by atoms with Gasteiger partial charge >= 0.3 is 0 Å². The van der Waals surface area contributed by atoms with Crippen LogP contribution in [-0.2, 0) is 6.54 Å². The van der Waals surface area contributed by atoms with Crippen molar-refractivity contribution in [3.05, 3.63) is 59.7 Å². The largest absolute Gasteiger partial charge is 0.342 e. The van der Waals surface area contributed by atoms with Crippen molar-refractivity contribution in [2.75, 3.05) is 0 Å². The summed E-state index contributed by atoms with van der Waals surface area (Å²) in [5, 5.41) is 20.2. The van der Waals surface area contributed by atoms with Crippen molar-refractivity contribution in [3.8, 4) is 0 Å². The summed E-state index contributed by atoms with van der Waals surface area (Å²) in [6.07, 6.45) is 1.94. The number of hydrogen-bond donors (Lipinski definition) is 1. The highest BCUT2D eigenvalue weighted by molar-refractivity contribution is 5.94. The van der Waals surface area contributed by atoms with Crippen LogP contribution >= 0.6 is 0 Å². The van der Waals surface area contributed by atoms with E-state index in [0.29, 0.717) is 24.0 Å². The fraction of sp³-hybridized carbons (Fsp3) is 0.421. The van der Waals surface area contributed by atoms with Crippen molar-refractivity contribution in [2.24, 2.45) is 5.92 Å². The van der Waals surface area contributed by atoms with Crippen LogP contribution in [0.25, 0.3) is 0 Å². The molecular weight excluding hydrogens is 342 g/mol. The average Bonchev–Trinajstić information content (AvgIpc) is 3.30. The molecule has 0 saturated heterocycles. The predicted molar refractivity (Wildman–Crippen MR) is 101 cm³/mol. The lowest BCUT2D eigenvalue weighted by Crippen LogP contribution is -2.32. The summed E-state index contributed by atoms with van der Waals surface area (Å²) in [4.78, 5) is 14.0. The normalized spacial score (nSPS) is 12.5. The third-order valence-electron chi connectivity index (χ3n) is 4.23. The quantitative estimate of drug-likeness (QED) is 0.693. The van der Waals surface area contributed by atoms with Crippen LogP contribution in [0.15, 0.2) is 42.6 Å². The maximum Gasteiger partial charge on any atom is 0.251 e. The van der Waals surface area contributed by atoms with Crippen molar-refractivity contribution >= 4 is 5.91 Å². The van der Waals surface area contributed by atoms with Crippen molar-refractivity contribution in [2.45, 2.75) is 46.3 Å². The topological polar surface area (TPSA) is 90.5 Å². The Hall–Kier alpha value is -3.03. The summed E-state index contributed by atoms with van der Waals surface area (Å²) in [5.74, 6) is 0.467. The summed E-state index contributed by atoms with van der Waals surface area (Å²) in [6.45, 7) is 8.61. The Kier molecular flexibility index (Phi) is 5.63. The molecule has 0 aliphatic rings. The molecule has 1 amide bonds. The molecule has 27 heavy (non-hydrogen) atoms. The second kappa shape index (κ2) is 8.11. The molecule has 1 aromatic carbocycles. The SMILES string of the molecule is CC(C)C(NC(=O)c1ccccc1)c1nnn(Cc2ccn(C(C)C)n2)n1. The molecule has 0 aliphatic carbocycles. The van der Waals surface area contributed by atoms with E-state index in [1.165, 1.54) is 4.80 Å². The molecule has 8 nitrogen and oxygen atoms in total. The third kappa shape index (κ3) is 4.58. The molecule has 1 atom stereocenters. The van der Waals surface area contributed by atoms with Crippen LogP contribution in [0, 0.1) is 5.92 Å². The van der Waals surface area contributed by atoms with E-state index in [1.807, 2.05) is 49.0 Å². The highest BCUT2D eigenvalue weighted by atomic mass is 16.1. The second-order valence-electron chi connectivity index (χ2n) is 7.12. The molecule has 0 fully saturated rings. The van der Waals surface area contributed by atoms with Gasteiger partial charge in [0.2, 0.25) is 0 Å². The molecule has 8 heteroatoms. The highest BCUT2D eigenvalue weighted by Gasteiger charge is 2.24. The Balaban J connectivity index is 1.72. The van der Waals surface area contributed by atoms with Gasteiger partial charge in [-0.1, -0.05) is 32.0 Å². The van der Waals surface area contributed by atoms with Gasteiger partial charge < -0.3 is 5.32 Å². The number of rotatable bonds is 7. The fourth-order valence-corrected chi connectivity index (χ4v) is 2.68. The number of nitrogens with one attached hydrogen (secondary N) is 1. The molecule has 1 N–H and O–H groups in total. The first-order valence-electron chi connectivity index (χ1n) is 9.11. The number of carbonyl (C=O) groups is 1. The van der Waals surface area contributed by atoms with E-state index in [1.54, 1.807) is 12.1 Å². The average molecular weight is 367 g/mol. The zero-order valence-corrected chi connectivity index (χ0v) is 16.1. The maximum atomic E-state index is 12.5. The Labute approximate surface area is 158 Å². The number of benzene rings is 1. The fourth-order valence-electron chi connectivity index (χ4n) is 2.68. The van der Waals surface area contributed by atoms with E-state index in [9.17, 15) is 4.79 Å². The molecule has 2 heterocycles. The summed E-state index contributed by atoms with van der Waals surface area (Å²) in [5.41, 5.74) is 1.47. The van der Waals surface area contributed by atoms with Gasteiger partial charge in [0, 0.05) is 17.8 Å². The number of carbonyl (C=O) groups excluding carboxylic acids is 1. The Morgan fingerprint density at radius 1 is 1.07 bits per heavy atom. The van der Waals surface area contributed by atoms with Gasteiger partial charge in [0.25, 0.3) is 5.91 Å². The molecule has 3 rings (SSSR count). The van der Waals surface area contributed by atoms with Crippen molar-refractivity contribution in [3.63, 3.8) is 0 Å². The van der Waals surface area contributed by atoms with Gasteiger partial charge in [-0.05, 0) is 43.2 Å². The minimum Gasteiger partial charge on any atom is -0.342 e. The standard InChI is InChI=1S/C19H25N7O/c1-13(2)17(20-19(27)15-8-6-5-7-9-15)18-21-24-26(23-18)12-16-10-11-25(22-16)14(3)4/h5-11,13-14,17H,12H2,1-4H3,(H,20,27). The molecule has 0 spiro atoms. The van der Waals surface area contributed by atoms with Crippen LogP contribution in [0.5, 0.6) is 0 Å². The first kappa shape index (κ1) is 18.8. The van der Waals surface area contributed by atoms with Crippen LogP contribution in [0.2, 0.25) is 0 Å².